The Labute approximate surface area is 192 Å². The number of nitrogens with zero attached hydrogens (tertiary/aromatic N) is 2. The summed E-state index contributed by atoms with van der Waals surface area (Å²) in [7, 11) is 1.61. The zero-order valence-corrected chi connectivity index (χ0v) is 18.7. The number of urea groups is 1. The molecular formula is C25H28N4O4. The molecule has 8 heteroatoms. The molecule has 5 rings (SSSR count). The summed E-state index contributed by atoms with van der Waals surface area (Å²) in [6, 6.07) is 13.1. The molecule has 2 aromatic carbocycles. The molecule has 2 saturated heterocycles. The molecule has 3 heterocycles. The lowest BCUT2D eigenvalue weighted by molar-refractivity contribution is -0.120. The molecule has 1 unspecified atom stereocenters. The van der Waals surface area contributed by atoms with Crippen LogP contribution in [0.3, 0.4) is 0 Å². The van der Waals surface area contributed by atoms with Crippen LogP contribution in [0.4, 0.5) is 16.2 Å². The van der Waals surface area contributed by atoms with Crippen molar-refractivity contribution in [3.63, 3.8) is 0 Å². The Morgan fingerprint density at radius 1 is 1.18 bits per heavy atom. The van der Waals surface area contributed by atoms with Crippen LogP contribution in [0.2, 0.25) is 0 Å². The van der Waals surface area contributed by atoms with Crippen LogP contribution < -0.4 is 20.3 Å². The lowest BCUT2D eigenvalue weighted by Gasteiger charge is -2.22. The minimum absolute atomic E-state index is 0.0189. The number of hydrogen-bond acceptors (Lipinski definition) is 4. The smallest absolute Gasteiger partial charge is 0.321 e. The number of fused-ring (bicyclic) bond motifs is 1. The number of ether oxygens (including phenoxy) is 1. The highest BCUT2D eigenvalue weighted by molar-refractivity contribution is 5.98. The van der Waals surface area contributed by atoms with Crippen molar-refractivity contribution in [3.8, 4) is 5.75 Å². The fourth-order valence-corrected chi connectivity index (χ4v) is 5.12. The molecule has 1 atom stereocenters. The van der Waals surface area contributed by atoms with Gasteiger partial charge in [-0.1, -0.05) is 18.2 Å². The molecule has 0 saturated carbocycles. The van der Waals surface area contributed by atoms with E-state index in [-0.39, 0.29) is 29.7 Å². The molecule has 3 aliphatic rings. The molecule has 2 N–H and O–H groups in total. The Morgan fingerprint density at radius 3 is 2.85 bits per heavy atom. The second kappa shape index (κ2) is 8.42. The van der Waals surface area contributed by atoms with E-state index in [9.17, 15) is 14.4 Å². The maximum atomic E-state index is 13.0. The largest absolute Gasteiger partial charge is 0.497 e. The summed E-state index contributed by atoms with van der Waals surface area (Å²) < 4.78 is 5.26. The second-order valence-electron chi connectivity index (χ2n) is 9.22. The van der Waals surface area contributed by atoms with Crippen molar-refractivity contribution < 1.29 is 19.1 Å². The number of nitrogens with one attached hydrogen (secondary N) is 2. The van der Waals surface area contributed by atoms with Crippen LogP contribution >= 0.6 is 0 Å². The van der Waals surface area contributed by atoms with Crippen molar-refractivity contribution in [3.05, 3.63) is 53.6 Å². The third-order valence-electron chi connectivity index (χ3n) is 6.94. The number of carbonyl (C=O) groups is 3. The molecule has 2 fully saturated rings. The van der Waals surface area contributed by atoms with E-state index in [2.05, 4.69) is 10.6 Å². The Bertz CT molecular complexity index is 1120. The van der Waals surface area contributed by atoms with Crippen molar-refractivity contribution >= 4 is 29.2 Å². The number of carbonyl (C=O) groups excluding carboxylic acids is 3. The van der Waals surface area contributed by atoms with Crippen LogP contribution in [0.1, 0.15) is 24.0 Å². The summed E-state index contributed by atoms with van der Waals surface area (Å²) in [6.45, 7) is 2.48. The Hall–Kier alpha value is -3.55. The van der Waals surface area contributed by atoms with E-state index in [1.54, 1.807) is 16.9 Å². The van der Waals surface area contributed by atoms with Gasteiger partial charge in [-0.25, -0.2) is 4.79 Å². The molecule has 33 heavy (non-hydrogen) atoms. The lowest BCUT2D eigenvalue weighted by Crippen LogP contribution is -2.36. The van der Waals surface area contributed by atoms with E-state index in [1.807, 2.05) is 42.5 Å². The molecule has 1 spiro atoms. The average molecular weight is 449 g/mol. The third kappa shape index (κ3) is 4.25. The first kappa shape index (κ1) is 21.3. The molecule has 4 amide bonds. The molecule has 8 nitrogen and oxygen atoms in total. The maximum Gasteiger partial charge on any atom is 0.321 e. The number of rotatable bonds is 4. The second-order valence-corrected chi connectivity index (χ2v) is 9.22. The van der Waals surface area contributed by atoms with Gasteiger partial charge in [0.05, 0.1) is 13.5 Å². The van der Waals surface area contributed by atoms with Gasteiger partial charge in [0, 0.05) is 49.4 Å². The summed E-state index contributed by atoms with van der Waals surface area (Å²) in [5, 5.41) is 5.87. The number of anilines is 2. The van der Waals surface area contributed by atoms with Gasteiger partial charge in [-0.2, -0.15) is 0 Å². The number of benzene rings is 2. The van der Waals surface area contributed by atoms with Gasteiger partial charge in [0.15, 0.2) is 0 Å². The molecule has 0 radical (unpaired) electrons. The number of likely N-dealkylation sites (tertiary alicyclic amines) is 1. The van der Waals surface area contributed by atoms with Gasteiger partial charge in [0.2, 0.25) is 11.8 Å². The number of methoxy groups -OCH3 is 1. The fraction of sp³-hybridized carbons (Fsp3) is 0.400. The SMILES string of the molecule is COc1cccc(CC(=O)N2CCc3ccc(NC(=O)N4CCC5(CNC(=O)C5)C4)cc32)c1. The zero-order valence-electron chi connectivity index (χ0n) is 18.7. The highest BCUT2D eigenvalue weighted by Gasteiger charge is 2.45. The van der Waals surface area contributed by atoms with Crippen molar-refractivity contribution in [1.29, 1.82) is 0 Å². The number of amides is 4. The molecule has 0 aromatic heterocycles. The monoisotopic (exact) mass is 448 g/mol. The first-order chi connectivity index (χ1) is 15.9. The molecule has 3 aliphatic heterocycles. The molecule has 0 bridgehead atoms. The first-order valence-corrected chi connectivity index (χ1v) is 11.3. The van der Waals surface area contributed by atoms with Gasteiger partial charge in [-0.3, -0.25) is 9.59 Å². The minimum Gasteiger partial charge on any atom is -0.497 e. The van der Waals surface area contributed by atoms with E-state index in [0.29, 0.717) is 38.3 Å². The predicted octanol–water partition coefficient (Wildman–Crippen LogP) is 2.57. The highest BCUT2D eigenvalue weighted by Crippen LogP contribution is 2.37. The summed E-state index contributed by atoms with van der Waals surface area (Å²) in [5.74, 6) is 0.813. The first-order valence-electron chi connectivity index (χ1n) is 11.3. The Balaban J connectivity index is 1.25. The van der Waals surface area contributed by atoms with Crippen LogP contribution in [0, 0.1) is 5.41 Å². The average Bonchev–Trinajstić information content (AvgIpc) is 3.52. The van der Waals surface area contributed by atoms with Crippen molar-refractivity contribution in [2.24, 2.45) is 5.41 Å². The van der Waals surface area contributed by atoms with Crippen LogP contribution in [-0.2, 0) is 22.4 Å². The summed E-state index contributed by atoms with van der Waals surface area (Å²) in [5.41, 5.74) is 3.39. The van der Waals surface area contributed by atoms with Crippen molar-refractivity contribution in [2.45, 2.75) is 25.7 Å². The lowest BCUT2D eigenvalue weighted by atomic mass is 9.86. The molecule has 2 aromatic rings. The topological polar surface area (TPSA) is 91.0 Å². The van der Waals surface area contributed by atoms with Crippen LogP contribution in [0.5, 0.6) is 5.75 Å². The van der Waals surface area contributed by atoms with Gasteiger partial charge in [0.25, 0.3) is 0 Å². The molecule has 172 valence electrons. The Morgan fingerprint density at radius 2 is 2.06 bits per heavy atom. The van der Waals surface area contributed by atoms with Gasteiger partial charge < -0.3 is 25.2 Å². The predicted molar refractivity (Wildman–Crippen MR) is 124 cm³/mol. The van der Waals surface area contributed by atoms with Crippen molar-refractivity contribution in [1.82, 2.24) is 10.2 Å². The van der Waals surface area contributed by atoms with E-state index >= 15 is 0 Å². The number of hydrogen-bond donors (Lipinski definition) is 2. The van der Waals surface area contributed by atoms with Crippen LogP contribution in [0.25, 0.3) is 0 Å². The Kier molecular flexibility index (Phi) is 5.44. The summed E-state index contributed by atoms with van der Waals surface area (Å²) in [6.07, 6.45) is 2.40. The summed E-state index contributed by atoms with van der Waals surface area (Å²) >= 11 is 0. The highest BCUT2D eigenvalue weighted by atomic mass is 16.5. The van der Waals surface area contributed by atoms with Crippen LogP contribution in [0.15, 0.2) is 42.5 Å². The zero-order chi connectivity index (χ0) is 23.0. The van der Waals surface area contributed by atoms with Gasteiger partial charge in [-0.15, -0.1) is 0 Å². The van der Waals surface area contributed by atoms with Gasteiger partial charge in [-0.05, 0) is 48.2 Å². The molecule has 0 aliphatic carbocycles. The minimum atomic E-state index is -0.168. The van der Waals surface area contributed by atoms with E-state index in [4.69, 9.17) is 4.74 Å². The molecular weight excluding hydrogens is 420 g/mol. The van der Waals surface area contributed by atoms with Gasteiger partial charge in [0.1, 0.15) is 5.75 Å². The van der Waals surface area contributed by atoms with E-state index in [1.165, 1.54) is 0 Å². The van der Waals surface area contributed by atoms with E-state index in [0.717, 1.165) is 35.4 Å². The quantitative estimate of drug-likeness (QED) is 0.752. The summed E-state index contributed by atoms with van der Waals surface area (Å²) in [4.78, 5) is 41.1. The van der Waals surface area contributed by atoms with Crippen molar-refractivity contribution in [2.75, 3.05) is 43.5 Å². The fourth-order valence-electron chi connectivity index (χ4n) is 5.12. The van der Waals surface area contributed by atoms with E-state index < -0.39 is 0 Å². The normalized spacial score (nSPS) is 21.3. The van der Waals surface area contributed by atoms with Gasteiger partial charge >= 0.3 is 6.03 Å². The standard InChI is InChI=1S/C25H28N4O4/c1-33-20-4-2-3-17(11-20)12-23(31)29-9-7-18-5-6-19(13-21(18)29)27-24(32)28-10-8-25(16-28)14-22(30)26-15-25/h2-6,11,13H,7-10,12,14-16H2,1H3,(H,26,30)(H,27,32). The van der Waals surface area contributed by atoms with Crippen LogP contribution in [-0.4, -0.2) is 56.0 Å². The maximum absolute atomic E-state index is 13.0. The third-order valence-corrected chi connectivity index (χ3v) is 6.94.